The van der Waals surface area contributed by atoms with Crippen molar-refractivity contribution in [1.82, 2.24) is 0 Å². The molecule has 1 amide bonds. The average Bonchev–Trinajstić information content (AvgIpc) is 3.23. The molecule has 0 spiro atoms. The topological polar surface area (TPSA) is 127 Å². The van der Waals surface area contributed by atoms with Crippen molar-refractivity contribution >= 4 is 17.6 Å². The van der Waals surface area contributed by atoms with Crippen LogP contribution < -0.4 is 5.32 Å². The molecule has 0 aliphatic heterocycles. The van der Waals surface area contributed by atoms with Gasteiger partial charge in [0.05, 0.1) is 23.9 Å². The first-order chi connectivity index (χ1) is 18.4. The van der Waals surface area contributed by atoms with Crippen LogP contribution in [0.15, 0.2) is 18.2 Å². The second-order valence-electron chi connectivity index (χ2n) is 13.9. The fraction of sp³-hybridized carbons (Fsp3) is 0.750. The summed E-state index contributed by atoms with van der Waals surface area (Å²) in [5.74, 6) is 0.388. The molecule has 1 aromatic rings. The van der Waals surface area contributed by atoms with Crippen molar-refractivity contribution in [2.45, 2.75) is 104 Å². The summed E-state index contributed by atoms with van der Waals surface area (Å²) >= 11 is 0. The van der Waals surface area contributed by atoms with E-state index in [2.05, 4.69) is 26.1 Å². The molecule has 5 unspecified atom stereocenters. The second-order valence-corrected chi connectivity index (χ2v) is 13.9. The van der Waals surface area contributed by atoms with Gasteiger partial charge in [0, 0.05) is 12.1 Å². The summed E-state index contributed by atoms with van der Waals surface area (Å²) in [5, 5.41) is 45.7. The van der Waals surface area contributed by atoms with Gasteiger partial charge in [0.2, 0.25) is 5.91 Å². The lowest BCUT2D eigenvalue weighted by atomic mass is 9.43. The molecule has 0 bridgehead atoms. The molecule has 0 aromatic heterocycles. The summed E-state index contributed by atoms with van der Waals surface area (Å²) in [7, 11) is 0. The van der Waals surface area contributed by atoms with Gasteiger partial charge >= 0.3 is 5.97 Å². The van der Waals surface area contributed by atoms with Gasteiger partial charge in [0.25, 0.3) is 0 Å². The van der Waals surface area contributed by atoms with Crippen LogP contribution in [0.5, 0.6) is 0 Å². The summed E-state index contributed by atoms with van der Waals surface area (Å²) in [6.45, 7) is 8.51. The number of aryl methyl sites for hydroxylation is 1. The maximum Gasteiger partial charge on any atom is 0.336 e. The minimum absolute atomic E-state index is 0.0592. The fourth-order valence-electron chi connectivity index (χ4n) is 9.85. The van der Waals surface area contributed by atoms with Gasteiger partial charge in [0.1, 0.15) is 0 Å². The Hall–Kier alpha value is -1.96. The summed E-state index contributed by atoms with van der Waals surface area (Å²) in [6.07, 6.45) is 5.91. The number of anilines is 1. The van der Waals surface area contributed by atoms with Gasteiger partial charge in [-0.2, -0.15) is 0 Å². The number of nitrogens with one attached hydrogen (secondary N) is 1. The lowest BCUT2D eigenvalue weighted by Gasteiger charge is -2.63. The molecule has 5 rings (SSSR count). The van der Waals surface area contributed by atoms with Crippen LogP contribution in [-0.4, -0.2) is 50.6 Å². The molecule has 0 saturated heterocycles. The van der Waals surface area contributed by atoms with E-state index in [1.54, 1.807) is 19.1 Å². The zero-order valence-electron chi connectivity index (χ0n) is 23.9. The summed E-state index contributed by atoms with van der Waals surface area (Å²) < 4.78 is 0. The van der Waals surface area contributed by atoms with Crippen molar-refractivity contribution in [1.29, 1.82) is 0 Å². The van der Waals surface area contributed by atoms with E-state index in [-0.39, 0.29) is 64.1 Å². The fourth-order valence-corrected chi connectivity index (χ4v) is 9.85. The van der Waals surface area contributed by atoms with E-state index in [4.69, 9.17) is 0 Å². The number of carboxylic acids is 1. The van der Waals surface area contributed by atoms with Crippen LogP contribution in [-0.2, 0) is 4.79 Å². The van der Waals surface area contributed by atoms with Crippen molar-refractivity contribution in [3.8, 4) is 0 Å². The molecule has 0 radical (unpaired) electrons. The van der Waals surface area contributed by atoms with E-state index in [9.17, 15) is 30.0 Å². The van der Waals surface area contributed by atoms with Crippen molar-refractivity contribution in [2.75, 3.05) is 5.32 Å². The molecule has 11 atom stereocenters. The van der Waals surface area contributed by atoms with Crippen molar-refractivity contribution in [3.05, 3.63) is 29.3 Å². The van der Waals surface area contributed by atoms with Crippen LogP contribution in [0, 0.1) is 53.3 Å². The molecule has 4 fully saturated rings. The third-order valence-electron chi connectivity index (χ3n) is 12.1. The number of benzene rings is 1. The van der Waals surface area contributed by atoms with Crippen LogP contribution in [0.4, 0.5) is 5.69 Å². The molecular formula is C32H47NO6. The van der Waals surface area contributed by atoms with E-state index in [1.165, 1.54) is 6.07 Å². The highest BCUT2D eigenvalue weighted by atomic mass is 16.4. The Balaban J connectivity index is 1.26. The van der Waals surface area contributed by atoms with Gasteiger partial charge < -0.3 is 25.7 Å². The first kappa shape index (κ1) is 28.6. The largest absolute Gasteiger partial charge is 0.478 e. The number of amides is 1. The smallest absolute Gasteiger partial charge is 0.336 e. The van der Waals surface area contributed by atoms with Gasteiger partial charge in [0.15, 0.2) is 0 Å². The molecule has 5 N–H and O–H groups in total. The second kappa shape index (κ2) is 10.5. The summed E-state index contributed by atoms with van der Waals surface area (Å²) in [6, 6.07) is 4.94. The number of hydrogen-bond donors (Lipinski definition) is 5. The number of hydrogen-bond acceptors (Lipinski definition) is 5. The first-order valence-corrected chi connectivity index (χ1v) is 15.0. The quantitative estimate of drug-likeness (QED) is 0.345. The molecule has 0 heterocycles. The molecule has 7 nitrogen and oxygen atoms in total. The Kier molecular flexibility index (Phi) is 7.66. The number of carbonyl (C=O) groups excluding carboxylic acids is 1. The minimum atomic E-state index is -1.01. The Morgan fingerprint density at radius 1 is 1.05 bits per heavy atom. The predicted octanol–water partition coefficient (Wildman–Crippen LogP) is 5.01. The molecule has 7 heteroatoms. The highest BCUT2D eigenvalue weighted by Gasteiger charge is 2.65. The SMILES string of the molecule is Cc1ccc(NC(=O)CCC(C)[C@H]2CCC3C4C(C[C@H](O)[C@@]32C)[C@@]2(C)CC[C@@H](O)CC2C[C@H]4O)cc1C(=O)O. The van der Waals surface area contributed by atoms with Crippen molar-refractivity contribution < 1.29 is 30.0 Å². The molecule has 39 heavy (non-hydrogen) atoms. The maximum absolute atomic E-state index is 12.8. The van der Waals surface area contributed by atoms with Crippen molar-refractivity contribution in [2.24, 2.45) is 46.3 Å². The van der Waals surface area contributed by atoms with Crippen LogP contribution in [0.3, 0.4) is 0 Å². The molecule has 4 aliphatic carbocycles. The van der Waals surface area contributed by atoms with Crippen LogP contribution in [0.25, 0.3) is 0 Å². The Labute approximate surface area is 232 Å². The molecule has 1 aromatic carbocycles. The standard InChI is InChI=1S/C32H47NO6/c1-17-5-7-20(15-22(17)30(38)39)33-28(37)10-6-18(2)23-8-9-24-29-25(16-27(36)32(23,24)4)31(3)12-11-21(34)13-19(31)14-26(29)35/h5,7,15,18-19,21,23-27,29,34-36H,6,8-14,16H2,1-4H3,(H,33,37)(H,38,39)/t18?,19?,21-,23-,24?,25?,26-,27+,29?,31+,32-/m1/s1. The Bertz CT molecular complexity index is 1110. The molecule has 4 saturated carbocycles. The van der Waals surface area contributed by atoms with Crippen molar-refractivity contribution in [3.63, 3.8) is 0 Å². The van der Waals surface area contributed by atoms with Gasteiger partial charge in [-0.1, -0.05) is 26.8 Å². The molecular weight excluding hydrogens is 494 g/mol. The van der Waals surface area contributed by atoms with E-state index in [0.29, 0.717) is 36.4 Å². The number of fused-ring (bicyclic) bond motifs is 5. The number of aliphatic hydroxyl groups excluding tert-OH is 3. The highest BCUT2D eigenvalue weighted by Crippen LogP contribution is 2.68. The minimum Gasteiger partial charge on any atom is -0.478 e. The van der Waals surface area contributed by atoms with E-state index >= 15 is 0 Å². The van der Waals surface area contributed by atoms with Crippen LogP contribution in [0.2, 0.25) is 0 Å². The lowest BCUT2D eigenvalue weighted by molar-refractivity contribution is -0.207. The third kappa shape index (κ3) is 4.82. The summed E-state index contributed by atoms with van der Waals surface area (Å²) in [5.41, 5.74) is 1.10. The third-order valence-corrected chi connectivity index (χ3v) is 12.1. The zero-order chi connectivity index (χ0) is 28.3. The Morgan fingerprint density at radius 2 is 1.79 bits per heavy atom. The first-order valence-electron chi connectivity index (χ1n) is 15.0. The normalized spacial score (nSPS) is 42.1. The van der Waals surface area contributed by atoms with Crippen LogP contribution >= 0.6 is 0 Å². The predicted molar refractivity (Wildman–Crippen MR) is 149 cm³/mol. The van der Waals surface area contributed by atoms with E-state index in [0.717, 1.165) is 38.5 Å². The number of carboxylic acid groups (broad SMARTS) is 1. The van der Waals surface area contributed by atoms with Gasteiger partial charge in [-0.15, -0.1) is 0 Å². The number of aromatic carboxylic acids is 1. The number of rotatable bonds is 6. The Morgan fingerprint density at radius 3 is 2.51 bits per heavy atom. The van der Waals surface area contributed by atoms with Crippen LogP contribution in [0.1, 0.15) is 94.5 Å². The highest BCUT2D eigenvalue weighted by molar-refractivity contribution is 5.94. The number of aliphatic hydroxyl groups is 3. The molecule has 216 valence electrons. The average molecular weight is 542 g/mol. The monoisotopic (exact) mass is 541 g/mol. The molecule has 4 aliphatic rings. The summed E-state index contributed by atoms with van der Waals surface area (Å²) in [4.78, 5) is 24.2. The zero-order valence-corrected chi connectivity index (χ0v) is 23.9. The van der Waals surface area contributed by atoms with Gasteiger partial charge in [-0.3, -0.25) is 4.79 Å². The maximum atomic E-state index is 12.8. The number of carbonyl (C=O) groups is 2. The lowest BCUT2D eigenvalue weighted by Crippen LogP contribution is -2.62. The van der Waals surface area contributed by atoms with E-state index in [1.807, 2.05) is 0 Å². The van der Waals surface area contributed by atoms with E-state index < -0.39 is 12.1 Å². The van der Waals surface area contributed by atoms with Gasteiger partial charge in [-0.05, 0) is 122 Å². The van der Waals surface area contributed by atoms with Gasteiger partial charge in [-0.25, -0.2) is 4.79 Å².